The van der Waals surface area contributed by atoms with Gasteiger partial charge in [0.05, 0.1) is 11.6 Å². The third-order valence-corrected chi connectivity index (χ3v) is 3.87. The average molecular weight is 311 g/mol. The van der Waals surface area contributed by atoms with Crippen LogP contribution >= 0.6 is 0 Å². The highest BCUT2D eigenvalue weighted by molar-refractivity contribution is 5.92. The molecule has 0 saturated carbocycles. The molecule has 3 heterocycles. The Balaban J connectivity index is 1.82. The van der Waals surface area contributed by atoms with Crippen LogP contribution in [0.15, 0.2) is 22.9 Å². The maximum atomic E-state index is 12.7. The van der Waals surface area contributed by atoms with Gasteiger partial charge in [-0.2, -0.15) is 10.2 Å². The Morgan fingerprint density at radius 1 is 1.48 bits per heavy atom. The van der Waals surface area contributed by atoms with E-state index in [9.17, 15) is 4.79 Å². The number of nitrogens with zero attached hydrogens (tertiary/aromatic N) is 5. The van der Waals surface area contributed by atoms with Crippen molar-refractivity contribution in [2.45, 2.75) is 38.6 Å². The largest absolute Gasteiger partial charge is 0.339 e. The Morgan fingerprint density at radius 2 is 2.30 bits per heavy atom. The SMILES string of the molecule is CC(C)c1nc([C@@H]2CCCN2C(=O)c2ccc(C#N)cn2)no1. The third-order valence-electron chi connectivity index (χ3n) is 3.87. The maximum Gasteiger partial charge on any atom is 0.273 e. The van der Waals surface area contributed by atoms with Crippen LogP contribution in [0.5, 0.6) is 0 Å². The Hall–Kier alpha value is -2.75. The zero-order valence-electron chi connectivity index (χ0n) is 13.1. The van der Waals surface area contributed by atoms with Gasteiger partial charge in [0.2, 0.25) is 5.89 Å². The predicted molar refractivity (Wildman–Crippen MR) is 80.4 cm³/mol. The minimum atomic E-state index is -0.184. The van der Waals surface area contributed by atoms with Crippen molar-refractivity contribution in [2.75, 3.05) is 6.54 Å². The van der Waals surface area contributed by atoms with Crippen LogP contribution in [0.1, 0.15) is 66.4 Å². The monoisotopic (exact) mass is 311 g/mol. The van der Waals surface area contributed by atoms with Crippen LogP contribution in [0.4, 0.5) is 0 Å². The van der Waals surface area contributed by atoms with Gasteiger partial charge in [0.25, 0.3) is 5.91 Å². The molecule has 1 fully saturated rings. The quantitative estimate of drug-likeness (QED) is 0.863. The number of carbonyl (C=O) groups excluding carboxylic acids is 1. The van der Waals surface area contributed by atoms with E-state index in [-0.39, 0.29) is 17.9 Å². The van der Waals surface area contributed by atoms with Crippen molar-refractivity contribution in [1.82, 2.24) is 20.0 Å². The zero-order valence-corrected chi connectivity index (χ0v) is 13.1. The lowest BCUT2D eigenvalue weighted by molar-refractivity contribution is 0.0722. The van der Waals surface area contributed by atoms with Crippen LogP contribution in [0, 0.1) is 11.3 Å². The molecule has 7 nitrogen and oxygen atoms in total. The summed E-state index contributed by atoms with van der Waals surface area (Å²) in [5.74, 6) is 1.11. The molecule has 0 bridgehead atoms. The molecule has 23 heavy (non-hydrogen) atoms. The number of amides is 1. The molecule has 0 N–H and O–H groups in total. The zero-order chi connectivity index (χ0) is 16.4. The van der Waals surface area contributed by atoms with E-state index in [0.29, 0.717) is 29.5 Å². The number of hydrogen-bond donors (Lipinski definition) is 0. The Bertz CT molecular complexity index is 745. The number of aromatic nitrogens is 3. The average Bonchev–Trinajstić information content (AvgIpc) is 3.22. The van der Waals surface area contributed by atoms with E-state index >= 15 is 0 Å². The topological polar surface area (TPSA) is 95.9 Å². The van der Waals surface area contributed by atoms with Gasteiger partial charge in [0, 0.05) is 18.7 Å². The molecule has 2 aromatic rings. The number of likely N-dealkylation sites (tertiary alicyclic amines) is 1. The van der Waals surface area contributed by atoms with E-state index in [1.165, 1.54) is 6.20 Å². The van der Waals surface area contributed by atoms with Gasteiger partial charge in [0.1, 0.15) is 11.8 Å². The van der Waals surface area contributed by atoms with E-state index < -0.39 is 0 Å². The predicted octanol–water partition coefficient (Wildman–Crippen LogP) is 2.44. The normalized spacial score (nSPS) is 17.5. The smallest absolute Gasteiger partial charge is 0.273 e. The minimum absolute atomic E-state index is 0.155. The molecule has 7 heteroatoms. The first-order valence-corrected chi connectivity index (χ1v) is 7.60. The second kappa shape index (κ2) is 6.16. The van der Waals surface area contributed by atoms with E-state index in [1.54, 1.807) is 17.0 Å². The van der Waals surface area contributed by atoms with Gasteiger partial charge in [-0.25, -0.2) is 4.98 Å². The van der Waals surface area contributed by atoms with Crippen LogP contribution in [-0.2, 0) is 0 Å². The highest BCUT2D eigenvalue weighted by Crippen LogP contribution is 2.31. The van der Waals surface area contributed by atoms with Crippen LogP contribution in [0.3, 0.4) is 0 Å². The number of carbonyl (C=O) groups is 1. The van der Waals surface area contributed by atoms with Crippen LogP contribution in [0.2, 0.25) is 0 Å². The fraction of sp³-hybridized carbons (Fsp3) is 0.438. The Morgan fingerprint density at radius 3 is 2.91 bits per heavy atom. The molecule has 2 aromatic heterocycles. The molecule has 0 aliphatic carbocycles. The van der Waals surface area contributed by atoms with E-state index in [1.807, 2.05) is 19.9 Å². The summed E-state index contributed by atoms with van der Waals surface area (Å²) in [5.41, 5.74) is 0.753. The highest BCUT2D eigenvalue weighted by atomic mass is 16.5. The van der Waals surface area contributed by atoms with Gasteiger partial charge in [-0.3, -0.25) is 4.79 Å². The first-order chi connectivity index (χ1) is 11.1. The number of nitriles is 1. The molecule has 1 aliphatic rings. The van der Waals surface area contributed by atoms with Gasteiger partial charge < -0.3 is 9.42 Å². The molecule has 1 amide bonds. The fourth-order valence-corrected chi connectivity index (χ4v) is 2.63. The number of pyridine rings is 1. The van der Waals surface area contributed by atoms with Crippen molar-refractivity contribution in [1.29, 1.82) is 5.26 Å². The maximum absolute atomic E-state index is 12.7. The molecular formula is C16H17N5O2. The summed E-state index contributed by atoms with van der Waals surface area (Å²) in [4.78, 5) is 22.9. The van der Waals surface area contributed by atoms with Crippen molar-refractivity contribution in [2.24, 2.45) is 0 Å². The second-order valence-corrected chi connectivity index (χ2v) is 5.85. The van der Waals surface area contributed by atoms with Crippen LogP contribution < -0.4 is 0 Å². The first-order valence-electron chi connectivity index (χ1n) is 7.60. The number of hydrogen-bond acceptors (Lipinski definition) is 6. The van der Waals surface area contributed by atoms with Crippen LogP contribution in [-0.4, -0.2) is 32.5 Å². The molecule has 118 valence electrons. The summed E-state index contributed by atoms with van der Waals surface area (Å²) in [6.07, 6.45) is 3.10. The van der Waals surface area contributed by atoms with Gasteiger partial charge in [0.15, 0.2) is 5.82 Å². The molecule has 0 radical (unpaired) electrons. The van der Waals surface area contributed by atoms with Crippen molar-refractivity contribution in [3.63, 3.8) is 0 Å². The van der Waals surface area contributed by atoms with E-state index in [4.69, 9.17) is 9.78 Å². The Kier molecular flexibility index (Phi) is 4.06. The van der Waals surface area contributed by atoms with Crippen molar-refractivity contribution in [3.8, 4) is 6.07 Å². The van der Waals surface area contributed by atoms with Gasteiger partial charge in [-0.05, 0) is 25.0 Å². The second-order valence-electron chi connectivity index (χ2n) is 5.85. The van der Waals surface area contributed by atoms with Gasteiger partial charge in [-0.1, -0.05) is 19.0 Å². The summed E-state index contributed by atoms with van der Waals surface area (Å²) in [6.45, 7) is 4.60. The van der Waals surface area contributed by atoms with Crippen LogP contribution in [0.25, 0.3) is 0 Å². The summed E-state index contributed by atoms with van der Waals surface area (Å²) < 4.78 is 5.25. The molecule has 1 aliphatic heterocycles. The van der Waals surface area contributed by atoms with E-state index in [0.717, 1.165) is 12.8 Å². The molecule has 1 atom stereocenters. The lowest BCUT2D eigenvalue weighted by Crippen LogP contribution is -2.31. The standard InChI is InChI=1S/C16H17N5O2/c1-10(2)15-19-14(20-23-15)13-4-3-7-21(13)16(22)12-6-5-11(8-17)9-18-12/h5-6,9-10,13H,3-4,7H2,1-2H3/t13-/m0/s1. The summed E-state index contributed by atoms with van der Waals surface area (Å²) in [7, 11) is 0. The lowest BCUT2D eigenvalue weighted by atomic mass is 10.2. The lowest BCUT2D eigenvalue weighted by Gasteiger charge is -2.21. The summed E-state index contributed by atoms with van der Waals surface area (Å²) >= 11 is 0. The number of rotatable bonds is 3. The molecule has 1 saturated heterocycles. The van der Waals surface area contributed by atoms with E-state index in [2.05, 4.69) is 15.1 Å². The molecule has 0 spiro atoms. The molecular weight excluding hydrogens is 294 g/mol. The third kappa shape index (κ3) is 2.93. The molecule has 3 rings (SSSR count). The summed E-state index contributed by atoms with van der Waals surface area (Å²) in [6, 6.07) is 4.98. The fourth-order valence-electron chi connectivity index (χ4n) is 2.63. The molecule has 0 aromatic carbocycles. The van der Waals surface area contributed by atoms with Crippen molar-refractivity contribution < 1.29 is 9.32 Å². The Labute approximate surface area is 133 Å². The summed E-state index contributed by atoms with van der Waals surface area (Å²) in [5, 5.41) is 12.8. The van der Waals surface area contributed by atoms with Crippen molar-refractivity contribution in [3.05, 3.63) is 41.3 Å². The van der Waals surface area contributed by atoms with Crippen molar-refractivity contribution >= 4 is 5.91 Å². The highest BCUT2D eigenvalue weighted by Gasteiger charge is 2.34. The molecule has 0 unspecified atom stereocenters. The minimum Gasteiger partial charge on any atom is -0.339 e. The first kappa shape index (κ1) is 15.2. The van der Waals surface area contributed by atoms with Gasteiger partial charge >= 0.3 is 0 Å². The van der Waals surface area contributed by atoms with Gasteiger partial charge in [-0.15, -0.1) is 0 Å².